The molecule has 0 aromatic carbocycles. The van der Waals surface area contributed by atoms with Crippen molar-refractivity contribution in [1.82, 2.24) is 15.3 Å². The summed E-state index contributed by atoms with van der Waals surface area (Å²) in [5, 5.41) is 11.1. The molecule has 108 valence electrons. The number of carboxylic acid groups (broad SMARTS) is 1. The maximum Gasteiger partial charge on any atom is 0.333 e. The van der Waals surface area contributed by atoms with Gasteiger partial charge < -0.3 is 5.11 Å². The fourth-order valence-electron chi connectivity index (χ4n) is 2.66. The highest BCUT2D eigenvalue weighted by Crippen LogP contribution is 2.23. The first-order valence-electron chi connectivity index (χ1n) is 6.67. The van der Waals surface area contributed by atoms with E-state index in [1.807, 2.05) is 5.01 Å². The van der Waals surface area contributed by atoms with Crippen LogP contribution in [0.2, 0.25) is 0 Å². The number of amides is 2. The van der Waals surface area contributed by atoms with Gasteiger partial charge >= 0.3 is 12.0 Å². The van der Waals surface area contributed by atoms with Gasteiger partial charge in [-0.1, -0.05) is 6.42 Å². The van der Waals surface area contributed by atoms with Gasteiger partial charge in [-0.15, -0.1) is 11.8 Å². The molecule has 3 atom stereocenters. The second-order valence-electron chi connectivity index (χ2n) is 5.28. The van der Waals surface area contributed by atoms with Crippen molar-refractivity contribution in [3.63, 3.8) is 0 Å². The lowest BCUT2D eigenvalue weighted by atomic mass is 10.00. The number of hydrogen-bond acceptors (Lipinski definition) is 4. The van der Waals surface area contributed by atoms with Crippen LogP contribution in [0.15, 0.2) is 0 Å². The van der Waals surface area contributed by atoms with Crippen molar-refractivity contribution in [2.75, 3.05) is 11.6 Å². The summed E-state index contributed by atoms with van der Waals surface area (Å²) in [4.78, 5) is 24.7. The number of nitrogens with zero attached hydrogens (tertiary/aromatic N) is 2. The van der Waals surface area contributed by atoms with Crippen LogP contribution in [0.3, 0.4) is 0 Å². The maximum absolute atomic E-state index is 12.2. The van der Waals surface area contributed by atoms with E-state index in [1.165, 1.54) is 23.1 Å². The Kier molecular flexibility index (Phi) is 4.57. The van der Waals surface area contributed by atoms with Gasteiger partial charge in [0.05, 0.1) is 5.88 Å². The van der Waals surface area contributed by atoms with Crippen LogP contribution in [-0.4, -0.2) is 56.8 Å². The molecule has 2 amide bonds. The minimum absolute atomic E-state index is 0.294. The van der Waals surface area contributed by atoms with Crippen LogP contribution in [-0.2, 0) is 4.79 Å². The number of piperidine rings is 1. The van der Waals surface area contributed by atoms with Gasteiger partial charge in [-0.2, -0.15) is 0 Å². The number of thioether (sulfide) groups is 1. The van der Waals surface area contributed by atoms with E-state index in [1.54, 1.807) is 0 Å². The minimum Gasteiger partial charge on any atom is -0.480 e. The number of carbonyl (C=O) groups is 2. The molecule has 0 saturated carbocycles. The summed E-state index contributed by atoms with van der Waals surface area (Å²) in [5.74, 6) is -0.0207. The van der Waals surface area contributed by atoms with Gasteiger partial charge in [-0.05, 0) is 26.7 Å². The SMILES string of the molecule is CC1CCCC(C)N1NC(=O)N1CSC[C@H]1C(=O)O. The molecule has 19 heavy (non-hydrogen) atoms. The molecule has 6 nitrogen and oxygen atoms in total. The third-order valence-electron chi connectivity index (χ3n) is 3.85. The van der Waals surface area contributed by atoms with E-state index in [-0.39, 0.29) is 6.03 Å². The summed E-state index contributed by atoms with van der Waals surface area (Å²) in [7, 11) is 0. The molecule has 2 fully saturated rings. The molecule has 0 spiro atoms. The third kappa shape index (κ3) is 3.14. The quantitative estimate of drug-likeness (QED) is 0.801. The number of rotatable bonds is 2. The molecule has 0 aliphatic carbocycles. The van der Waals surface area contributed by atoms with Crippen LogP contribution in [0.5, 0.6) is 0 Å². The highest BCUT2D eigenvalue weighted by atomic mass is 32.2. The molecule has 2 aliphatic rings. The van der Waals surface area contributed by atoms with E-state index >= 15 is 0 Å². The van der Waals surface area contributed by atoms with Gasteiger partial charge in [-0.25, -0.2) is 14.6 Å². The Bertz CT molecular complexity index is 356. The Hall–Kier alpha value is -0.950. The summed E-state index contributed by atoms with van der Waals surface area (Å²) < 4.78 is 0. The van der Waals surface area contributed by atoms with Gasteiger partial charge in [0.15, 0.2) is 0 Å². The molecule has 0 bridgehead atoms. The fraction of sp³-hybridized carbons (Fsp3) is 0.833. The lowest BCUT2D eigenvalue weighted by molar-refractivity contribution is -0.140. The second kappa shape index (κ2) is 6.00. The number of hydrazine groups is 1. The molecule has 2 saturated heterocycles. The first kappa shape index (κ1) is 14.5. The summed E-state index contributed by atoms with van der Waals surface area (Å²) in [6.07, 6.45) is 3.29. The van der Waals surface area contributed by atoms with Crippen molar-refractivity contribution in [2.24, 2.45) is 0 Å². The Labute approximate surface area is 117 Å². The predicted octanol–water partition coefficient (Wildman–Crippen LogP) is 1.33. The van der Waals surface area contributed by atoms with Crippen molar-refractivity contribution in [3.05, 3.63) is 0 Å². The van der Waals surface area contributed by atoms with Crippen LogP contribution >= 0.6 is 11.8 Å². The molecule has 0 aromatic heterocycles. The normalized spacial score (nSPS) is 32.3. The van der Waals surface area contributed by atoms with Gasteiger partial charge in [-0.3, -0.25) is 10.3 Å². The predicted molar refractivity (Wildman–Crippen MR) is 73.7 cm³/mol. The van der Waals surface area contributed by atoms with Gasteiger partial charge in [0.25, 0.3) is 0 Å². The molecule has 0 aromatic rings. The summed E-state index contributed by atoms with van der Waals surface area (Å²) in [6.45, 7) is 4.17. The van der Waals surface area contributed by atoms with Crippen LogP contribution < -0.4 is 5.43 Å². The van der Waals surface area contributed by atoms with Crippen LogP contribution in [0.25, 0.3) is 0 Å². The largest absolute Gasteiger partial charge is 0.480 e. The van der Waals surface area contributed by atoms with E-state index < -0.39 is 12.0 Å². The Morgan fingerprint density at radius 1 is 1.26 bits per heavy atom. The molecule has 7 heteroatoms. The lowest BCUT2D eigenvalue weighted by Gasteiger charge is -2.39. The number of aliphatic carboxylic acids is 1. The average Bonchev–Trinajstić information content (AvgIpc) is 2.83. The van der Waals surface area contributed by atoms with E-state index in [4.69, 9.17) is 5.11 Å². The van der Waals surface area contributed by atoms with E-state index in [2.05, 4.69) is 19.3 Å². The molecular weight excluding hydrogens is 266 g/mol. The molecule has 2 N–H and O–H groups in total. The molecule has 2 unspecified atom stereocenters. The monoisotopic (exact) mass is 287 g/mol. The van der Waals surface area contributed by atoms with Crippen molar-refractivity contribution in [3.8, 4) is 0 Å². The number of carbonyl (C=O) groups excluding carboxylic acids is 1. The first-order chi connectivity index (χ1) is 9.00. The second-order valence-corrected chi connectivity index (χ2v) is 6.28. The van der Waals surface area contributed by atoms with Gasteiger partial charge in [0.2, 0.25) is 0 Å². The van der Waals surface area contributed by atoms with Gasteiger partial charge in [0.1, 0.15) is 6.04 Å². The Morgan fingerprint density at radius 3 is 2.47 bits per heavy atom. The van der Waals surface area contributed by atoms with E-state index in [0.717, 1.165) is 12.8 Å². The van der Waals surface area contributed by atoms with Crippen molar-refractivity contribution in [2.45, 2.75) is 51.2 Å². The molecule has 2 heterocycles. The number of urea groups is 1. The van der Waals surface area contributed by atoms with Gasteiger partial charge in [0, 0.05) is 17.8 Å². The average molecular weight is 287 g/mol. The zero-order valence-corrected chi connectivity index (χ0v) is 12.2. The fourth-order valence-corrected chi connectivity index (χ4v) is 3.81. The highest BCUT2D eigenvalue weighted by molar-refractivity contribution is 7.99. The third-order valence-corrected chi connectivity index (χ3v) is 4.86. The van der Waals surface area contributed by atoms with Crippen LogP contribution in [0, 0.1) is 0 Å². The smallest absolute Gasteiger partial charge is 0.333 e. The number of nitrogens with one attached hydrogen (secondary N) is 1. The molecular formula is C12H21N3O3S. The van der Waals surface area contributed by atoms with Crippen molar-refractivity contribution in [1.29, 1.82) is 0 Å². The van der Waals surface area contributed by atoms with E-state index in [9.17, 15) is 9.59 Å². The first-order valence-corrected chi connectivity index (χ1v) is 7.82. The summed E-state index contributed by atoms with van der Waals surface area (Å²) in [5.41, 5.74) is 2.89. The highest BCUT2D eigenvalue weighted by Gasteiger charge is 2.36. The number of hydrogen-bond donors (Lipinski definition) is 2. The van der Waals surface area contributed by atoms with Crippen molar-refractivity contribution < 1.29 is 14.7 Å². The van der Waals surface area contributed by atoms with Crippen LogP contribution in [0.1, 0.15) is 33.1 Å². The molecule has 0 radical (unpaired) electrons. The lowest BCUT2D eigenvalue weighted by Crippen LogP contribution is -2.58. The molecule has 2 aliphatic heterocycles. The Balaban J connectivity index is 1.98. The zero-order chi connectivity index (χ0) is 14.0. The van der Waals surface area contributed by atoms with Crippen LogP contribution in [0.4, 0.5) is 4.79 Å². The summed E-state index contributed by atoms with van der Waals surface area (Å²) in [6, 6.07) is -0.407. The van der Waals surface area contributed by atoms with E-state index in [0.29, 0.717) is 23.7 Å². The molecule has 2 rings (SSSR count). The zero-order valence-electron chi connectivity index (χ0n) is 11.3. The topological polar surface area (TPSA) is 72.9 Å². The Morgan fingerprint density at radius 2 is 1.89 bits per heavy atom. The van der Waals surface area contributed by atoms with Crippen molar-refractivity contribution >= 4 is 23.8 Å². The maximum atomic E-state index is 12.2. The number of carboxylic acids is 1. The minimum atomic E-state index is -0.931. The summed E-state index contributed by atoms with van der Waals surface area (Å²) >= 11 is 1.48. The standard InChI is InChI=1S/C12H21N3O3S/c1-8-4-3-5-9(2)15(8)13-12(18)14-7-19-6-10(14)11(16)17/h8-10H,3-7H2,1-2H3,(H,13,18)(H,16,17)/t8?,9?,10-/m0/s1.